The molecule has 2 atom stereocenters. The van der Waals surface area contributed by atoms with E-state index in [1.807, 2.05) is 0 Å². The van der Waals surface area contributed by atoms with Crippen molar-refractivity contribution in [3.63, 3.8) is 0 Å². The largest absolute Gasteiger partial charge is 0.507 e. The smallest absolute Gasteiger partial charge is 0.170 e. The summed E-state index contributed by atoms with van der Waals surface area (Å²) in [7, 11) is 0. The number of aliphatic hydroxyl groups excluding tert-OH is 2. The molecule has 1 aromatic carbocycles. The zero-order valence-corrected chi connectivity index (χ0v) is 8.73. The van der Waals surface area contributed by atoms with Crippen LogP contribution >= 0.6 is 11.6 Å². The van der Waals surface area contributed by atoms with Crippen LogP contribution in [0, 0.1) is 18.3 Å². The Balaban J connectivity index is 3.20. The van der Waals surface area contributed by atoms with Crippen molar-refractivity contribution in [1.29, 1.82) is 5.26 Å². The van der Waals surface area contributed by atoms with Gasteiger partial charge in [-0.15, -0.1) is 0 Å². The molecule has 0 aliphatic heterocycles. The molecule has 0 aliphatic rings. The molecule has 4 nitrogen and oxygen atoms in total. The summed E-state index contributed by atoms with van der Waals surface area (Å²) in [6.07, 6.45) is -3.05. The molecule has 0 fully saturated rings. The summed E-state index contributed by atoms with van der Waals surface area (Å²) in [5, 5.41) is 37.0. The molecular weight excluding hydrogens is 218 g/mol. The van der Waals surface area contributed by atoms with Crippen LogP contribution in [-0.2, 0) is 0 Å². The lowest BCUT2D eigenvalue weighted by atomic mass is 10.0. The normalized spacial score (nSPS) is 14.3. The van der Waals surface area contributed by atoms with E-state index in [9.17, 15) is 10.2 Å². The molecule has 2 unspecified atom stereocenters. The predicted octanol–water partition coefficient (Wildman–Crippen LogP) is 1.27. The maximum atomic E-state index is 9.60. The fraction of sp³-hybridized carbons (Fsp3) is 0.300. The summed E-state index contributed by atoms with van der Waals surface area (Å²) in [6, 6.07) is 4.31. The highest BCUT2D eigenvalue weighted by atomic mass is 35.5. The fourth-order valence-electron chi connectivity index (χ4n) is 1.23. The molecule has 0 spiro atoms. The average molecular weight is 228 g/mol. The number of hydrogen-bond donors (Lipinski definition) is 3. The fourth-order valence-corrected chi connectivity index (χ4v) is 1.51. The van der Waals surface area contributed by atoms with Gasteiger partial charge in [0.05, 0.1) is 6.07 Å². The number of aliphatic hydroxyl groups is 2. The maximum absolute atomic E-state index is 9.60. The third-order valence-electron chi connectivity index (χ3n) is 2.04. The van der Waals surface area contributed by atoms with Gasteiger partial charge in [-0.25, -0.2) is 0 Å². The van der Waals surface area contributed by atoms with Gasteiger partial charge in [-0.2, -0.15) is 5.26 Å². The number of hydrogen-bond acceptors (Lipinski definition) is 4. The van der Waals surface area contributed by atoms with Crippen molar-refractivity contribution in [3.05, 3.63) is 28.3 Å². The molecule has 80 valence electrons. The number of phenolic OH excluding ortho intramolecular Hbond substituents is 1. The van der Waals surface area contributed by atoms with Gasteiger partial charge in [0, 0.05) is 10.6 Å². The van der Waals surface area contributed by atoms with E-state index in [1.165, 1.54) is 18.2 Å². The van der Waals surface area contributed by atoms with Gasteiger partial charge < -0.3 is 15.3 Å². The van der Waals surface area contributed by atoms with Gasteiger partial charge in [-0.1, -0.05) is 11.6 Å². The molecular formula is C10H10ClNO3. The second-order valence-electron chi connectivity index (χ2n) is 3.18. The highest BCUT2D eigenvalue weighted by Gasteiger charge is 2.22. The first-order valence-electron chi connectivity index (χ1n) is 4.22. The summed E-state index contributed by atoms with van der Waals surface area (Å²) in [5.41, 5.74) is 0.524. The van der Waals surface area contributed by atoms with Crippen LogP contribution in [0.25, 0.3) is 0 Å². The molecule has 1 aromatic rings. The Kier molecular flexibility index (Phi) is 3.53. The van der Waals surface area contributed by atoms with E-state index in [4.69, 9.17) is 22.0 Å². The topological polar surface area (TPSA) is 84.5 Å². The minimum absolute atomic E-state index is 0.0500. The van der Waals surface area contributed by atoms with Gasteiger partial charge in [0.1, 0.15) is 11.9 Å². The number of nitriles is 1. The van der Waals surface area contributed by atoms with Crippen molar-refractivity contribution in [2.45, 2.75) is 19.1 Å². The van der Waals surface area contributed by atoms with Crippen molar-refractivity contribution in [2.24, 2.45) is 0 Å². The minimum Gasteiger partial charge on any atom is -0.507 e. The number of benzene rings is 1. The summed E-state index contributed by atoms with van der Waals surface area (Å²) in [6.45, 7) is 1.61. The van der Waals surface area contributed by atoms with Crippen LogP contribution in [0.4, 0.5) is 0 Å². The van der Waals surface area contributed by atoms with Crippen LogP contribution in [0.15, 0.2) is 12.1 Å². The Morgan fingerprint density at radius 2 is 2.00 bits per heavy atom. The Labute approximate surface area is 92.0 Å². The summed E-state index contributed by atoms with van der Waals surface area (Å²) >= 11 is 5.73. The molecule has 0 aromatic heterocycles. The number of aromatic hydroxyl groups is 1. The van der Waals surface area contributed by atoms with Gasteiger partial charge in [-0.3, -0.25) is 0 Å². The lowest BCUT2D eigenvalue weighted by molar-refractivity contribution is 0.0511. The lowest BCUT2D eigenvalue weighted by Gasteiger charge is -2.15. The van der Waals surface area contributed by atoms with Crippen molar-refractivity contribution in [3.8, 4) is 11.8 Å². The molecule has 0 radical (unpaired) electrons. The molecule has 0 saturated carbocycles. The lowest BCUT2D eigenvalue weighted by Crippen LogP contribution is -2.16. The van der Waals surface area contributed by atoms with Crippen molar-refractivity contribution < 1.29 is 15.3 Å². The van der Waals surface area contributed by atoms with Crippen LogP contribution in [0.3, 0.4) is 0 Å². The molecule has 1 rings (SSSR count). The van der Waals surface area contributed by atoms with Crippen LogP contribution in [0.2, 0.25) is 5.02 Å². The second kappa shape index (κ2) is 4.49. The van der Waals surface area contributed by atoms with Crippen LogP contribution in [-0.4, -0.2) is 21.4 Å². The molecule has 0 bridgehead atoms. The first-order chi connectivity index (χ1) is 6.97. The Bertz CT molecular complexity index is 414. The monoisotopic (exact) mass is 227 g/mol. The average Bonchev–Trinajstić information content (AvgIpc) is 2.21. The first kappa shape index (κ1) is 11.8. The van der Waals surface area contributed by atoms with E-state index in [1.54, 1.807) is 6.92 Å². The Morgan fingerprint density at radius 1 is 1.40 bits per heavy atom. The third kappa shape index (κ3) is 2.39. The summed E-state index contributed by atoms with van der Waals surface area (Å²) in [4.78, 5) is 0. The summed E-state index contributed by atoms with van der Waals surface area (Å²) < 4.78 is 0. The second-order valence-corrected chi connectivity index (χ2v) is 3.62. The minimum atomic E-state index is -1.59. The van der Waals surface area contributed by atoms with Gasteiger partial charge in [0.15, 0.2) is 6.10 Å². The number of rotatable bonds is 2. The molecule has 0 saturated heterocycles. The number of phenols is 1. The SMILES string of the molecule is Cc1cc(Cl)cc(C(O)C(O)C#N)c1O. The highest BCUT2D eigenvalue weighted by Crippen LogP contribution is 2.32. The van der Waals surface area contributed by atoms with Crippen molar-refractivity contribution in [1.82, 2.24) is 0 Å². The van der Waals surface area contributed by atoms with Gasteiger partial charge in [0.2, 0.25) is 0 Å². The van der Waals surface area contributed by atoms with E-state index in [2.05, 4.69) is 0 Å². The number of aryl methyl sites for hydroxylation is 1. The molecule has 0 aliphatic carbocycles. The van der Waals surface area contributed by atoms with Crippen LogP contribution in [0.5, 0.6) is 5.75 Å². The molecule has 15 heavy (non-hydrogen) atoms. The number of halogens is 1. The van der Waals surface area contributed by atoms with E-state index < -0.39 is 12.2 Å². The Morgan fingerprint density at radius 3 is 2.53 bits per heavy atom. The molecule has 3 N–H and O–H groups in total. The van der Waals surface area contributed by atoms with Crippen molar-refractivity contribution >= 4 is 11.6 Å². The Hall–Kier alpha value is -1.28. The first-order valence-corrected chi connectivity index (χ1v) is 4.60. The zero-order chi connectivity index (χ0) is 11.6. The third-order valence-corrected chi connectivity index (χ3v) is 2.26. The van der Waals surface area contributed by atoms with E-state index in [-0.39, 0.29) is 11.3 Å². The zero-order valence-electron chi connectivity index (χ0n) is 7.98. The van der Waals surface area contributed by atoms with Gasteiger partial charge in [0.25, 0.3) is 0 Å². The molecule has 0 heterocycles. The number of nitrogens with zero attached hydrogens (tertiary/aromatic N) is 1. The van der Waals surface area contributed by atoms with E-state index in [0.29, 0.717) is 10.6 Å². The standard InChI is InChI=1S/C10H10ClNO3/c1-5-2-6(11)3-7(9(5)14)10(15)8(13)4-12/h2-3,8,10,13-15H,1H3. The van der Waals surface area contributed by atoms with Gasteiger partial charge in [-0.05, 0) is 24.6 Å². The van der Waals surface area contributed by atoms with Crippen LogP contribution < -0.4 is 0 Å². The highest BCUT2D eigenvalue weighted by molar-refractivity contribution is 6.30. The van der Waals surface area contributed by atoms with E-state index in [0.717, 1.165) is 0 Å². The molecule has 0 amide bonds. The quantitative estimate of drug-likeness (QED) is 0.665. The van der Waals surface area contributed by atoms with E-state index >= 15 is 0 Å². The van der Waals surface area contributed by atoms with Crippen LogP contribution in [0.1, 0.15) is 17.2 Å². The van der Waals surface area contributed by atoms with Gasteiger partial charge >= 0.3 is 0 Å². The summed E-state index contributed by atoms with van der Waals surface area (Å²) in [5.74, 6) is -0.166. The molecule has 5 heteroatoms. The maximum Gasteiger partial charge on any atom is 0.170 e. The van der Waals surface area contributed by atoms with Crippen molar-refractivity contribution in [2.75, 3.05) is 0 Å². The predicted molar refractivity (Wildman–Crippen MR) is 54.4 cm³/mol.